The lowest BCUT2D eigenvalue weighted by molar-refractivity contribution is 0.124. The van der Waals surface area contributed by atoms with Crippen LogP contribution in [0.15, 0.2) is 42.5 Å². The molecule has 0 atom stereocenters. The second kappa shape index (κ2) is 5.85. The lowest BCUT2D eigenvalue weighted by Gasteiger charge is -2.23. The van der Waals surface area contributed by atoms with E-state index in [-0.39, 0.29) is 5.60 Å². The van der Waals surface area contributed by atoms with Gasteiger partial charge >= 0.3 is 0 Å². The molecule has 0 aliphatic carbocycles. The predicted molar refractivity (Wildman–Crippen MR) is 76.4 cm³/mol. The fourth-order valence-corrected chi connectivity index (χ4v) is 2.09. The van der Waals surface area contributed by atoms with E-state index in [0.29, 0.717) is 5.56 Å². The van der Waals surface area contributed by atoms with Crippen LogP contribution in [-0.4, -0.2) is 16.1 Å². The third kappa shape index (κ3) is 3.52. The van der Waals surface area contributed by atoms with Crippen molar-refractivity contribution in [3.63, 3.8) is 0 Å². The van der Waals surface area contributed by atoms with Crippen molar-refractivity contribution in [2.24, 2.45) is 0 Å². The highest BCUT2D eigenvalue weighted by Crippen LogP contribution is 2.23. The van der Waals surface area contributed by atoms with Crippen molar-refractivity contribution in [1.29, 1.82) is 0 Å². The minimum absolute atomic E-state index is 0.305. The fourth-order valence-electron chi connectivity index (χ4n) is 2.02. The molecular weight excluding hydrogens is 274 g/mol. The standard InChI is InChI=1S/C16H15F2OSi/c1-16(2,19-20)10-11-3-5-12(6-4-11)13-7-8-14(17)15(18)9-13/h3-9H,10H2,1-2H3. The van der Waals surface area contributed by atoms with Gasteiger partial charge in [0.05, 0.1) is 5.60 Å². The maximum Gasteiger partial charge on any atom is 0.246 e. The zero-order valence-electron chi connectivity index (χ0n) is 11.4. The highest BCUT2D eigenvalue weighted by molar-refractivity contribution is 5.98. The van der Waals surface area contributed by atoms with Crippen LogP contribution in [0.25, 0.3) is 11.1 Å². The van der Waals surface area contributed by atoms with Crippen LogP contribution in [0.3, 0.4) is 0 Å². The smallest absolute Gasteiger partial charge is 0.246 e. The van der Waals surface area contributed by atoms with E-state index >= 15 is 0 Å². The SMILES string of the molecule is CC(C)(Cc1ccc(-c2ccc(F)c(F)c2)cc1)O[Si]. The van der Waals surface area contributed by atoms with Crippen LogP contribution < -0.4 is 0 Å². The molecule has 0 fully saturated rings. The van der Waals surface area contributed by atoms with Gasteiger partial charge in [0.15, 0.2) is 11.6 Å². The van der Waals surface area contributed by atoms with Crippen molar-refractivity contribution in [2.45, 2.75) is 25.9 Å². The largest absolute Gasteiger partial charge is 0.413 e. The summed E-state index contributed by atoms with van der Waals surface area (Å²) in [6.45, 7) is 3.95. The molecule has 0 N–H and O–H groups in total. The van der Waals surface area contributed by atoms with Crippen LogP contribution in [0.4, 0.5) is 8.78 Å². The molecule has 2 aromatic carbocycles. The molecule has 0 aliphatic heterocycles. The van der Waals surface area contributed by atoms with Gasteiger partial charge in [-0.05, 0) is 49.1 Å². The monoisotopic (exact) mass is 289 g/mol. The summed E-state index contributed by atoms with van der Waals surface area (Å²) >= 11 is 0. The first-order valence-electron chi connectivity index (χ1n) is 6.30. The zero-order valence-corrected chi connectivity index (χ0v) is 12.4. The molecule has 0 amide bonds. The highest BCUT2D eigenvalue weighted by Gasteiger charge is 2.16. The first-order chi connectivity index (χ1) is 9.41. The molecule has 3 radical (unpaired) electrons. The van der Waals surface area contributed by atoms with Crippen molar-refractivity contribution in [1.82, 2.24) is 0 Å². The Balaban J connectivity index is 2.21. The molecule has 0 saturated heterocycles. The Kier molecular flexibility index (Phi) is 4.35. The Hall–Kier alpha value is -1.52. The summed E-state index contributed by atoms with van der Waals surface area (Å²) in [5.41, 5.74) is 2.32. The number of rotatable bonds is 4. The Morgan fingerprint density at radius 3 is 2.10 bits per heavy atom. The molecule has 0 aliphatic rings. The summed E-state index contributed by atoms with van der Waals surface area (Å²) in [5, 5.41) is 0. The second-order valence-electron chi connectivity index (χ2n) is 5.36. The topological polar surface area (TPSA) is 9.23 Å². The molecule has 2 rings (SSSR count). The number of hydrogen-bond donors (Lipinski definition) is 0. The summed E-state index contributed by atoms with van der Waals surface area (Å²) in [4.78, 5) is 0. The average molecular weight is 289 g/mol. The molecule has 103 valence electrons. The summed E-state index contributed by atoms with van der Waals surface area (Å²) in [6.07, 6.45) is 0.745. The van der Waals surface area contributed by atoms with E-state index in [1.807, 2.05) is 38.1 Å². The lowest BCUT2D eigenvalue weighted by atomic mass is 9.96. The van der Waals surface area contributed by atoms with Crippen molar-refractivity contribution >= 4 is 10.5 Å². The van der Waals surface area contributed by atoms with Crippen molar-refractivity contribution < 1.29 is 13.2 Å². The van der Waals surface area contributed by atoms with Gasteiger partial charge < -0.3 is 4.43 Å². The van der Waals surface area contributed by atoms with E-state index in [2.05, 4.69) is 10.5 Å². The molecule has 0 heterocycles. The van der Waals surface area contributed by atoms with Crippen molar-refractivity contribution in [3.05, 3.63) is 59.7 Å². The van der Waals surface area contributed by atoms with Crippen LogP contribution in [-0.2, 0) is 10.8 Å². The van der Waals surface area contributed by atoms with E-state index in [9.17, 15) is 8.78 Å². The lowest BCUT2D eigenvalue weighted by Crippen LogP contribution is -2.26. The van der Waals surface area contributed by atoms with Gasteiger partial charge in [0, 0.05) is 0 Å². The first-order valence-corrected chi connectivity index (χ1v) is 6.71. The molecule has 0 saturated carbocycles. The van der Waals surface area contributed by atoms with Crippen LogP contribution in [0.2, 0.25) is 0 Å². The molecule has 0 unspecified atom stereocenters. The molecule has 0 aromatic heterocycles. The van der Waals surface area contributed by atoms with E-state index in [1.165, 1.54) is 6.07 Å². The molecule has 0 bridgehead atoms. The van der Waals surface area contributed by atoms with E-state index in [0.717, 1.165) is 23.6 Å². The predicted octanol–water partition coefficient (Wildman–Crippen LogP) is 4.05. The molecule has 1 nitrogen and oxygen atoms in total. The number of benzene rings is 2. The van der Waals surface area contributed by atoms with E-state index in [1.54, 1.807) is 6.07 Å². The van der Waals surface area contributed by atoms with Crippen molar-refractivity contribution in [2.75, 3.05) is 0 Å². The minimum atomic E-state index is -0.833. The third-order valence-electron chi connectivity index (χ3n) is 3.11. The quantitative estimate of drug-likeness (QED) is 0.771. The van der Waals surface area contributed by atoms with Gasteiger partial charge in [-0.1, -0.05) is 30.3 Å². The van der Waals surface area contributed by atoms with Crippen LogP contribution >= 0.6 is 0 Å². The normalized spacial score (nSPS) is 11.7. The second-order valence-corrected chi connectivity index (χ2v) is 5.57. The summed E-state index contributed by atoms with van der Waals surface area (Å²) < 4.78 is 31.3. The number of hydrogen-bond acceptors (Lipinski definition) is 1. The zero-order chi connectivity index (χ0) is 14.8. The number of halogens is 2. The van der Waals surface area contributed by atoms with Gasteiger partial charge in [-0.25, -0.2) is 8.78 Å². The van der Waals surface area contributed by atoms with Gasteiger partial charge in [-0.15, -0.1) is 0 Å². The van der Waals surface area contributed by atoms with Gasteiger partial charge in [0.1, 0.15) is 0 Å². The molecule has 4 heteroatoms. The fraction of sp³-hybridized carbons (Fsp3) is 0.250. The summed E-state index contributed by atoms with van der Waals surface area (Å²) in [6, 6.07) is 11.6. The molecule has 2 aromatic rings. The Bertz CT molecular complexity index is 594. The average Bonchev–Trinajstić information content (AvgIpc) is 2.42. The highest BCUT2D eigenvalue weighted by atomic mass is 28.2. The van der Waals surface area contributed by atoms with Gasteiger partial charge in [-0.2, -0.15) is 0 Å². The maximum atomic E-state index is 13.2. The third-order valence-corrected chi connectivity index (χ3v) is 3.67. The van der Waals surface area contributed by atoms with Crippen LogP contribution in [0, 0.1) is 11.6 Å². The van der Waals surface area contributed by atoms with Crippen LogP contribution in [0.1, 0.15) is 19.4 Å². The minimum Gasteiger partial charge on any atom is -0.413 e. The van der Waals surface area contributed by atoms with Gasteiger partial charge in [0.25, 0.3) is 0 Å². The first kappa shape index (κ1) is 14.9. The maximum absolute atomic E-state index is 13.2. The van der Waals surface area contributed by atoms with Gasteiger partial charge in [0.2, 0.25) is 10.5 Å². The van der Waals surface area contributed by atoms with Crippen molar-refractivity contribution in [3.8, 4) is 11.1 Å². The molecule has 20 heavy (non-hydrogen) atoms. The van der Waals surface area contributed by atoms with E-state index < -0.39 is 11.6 Å². The van der Waals surface area contributed by atoms with Crippen LogP contribution in [0.5, 0.6) is 0 Å². The molecule has 0 spiro atoms. The van der Waals surface area contributed by atoms with Gasteiger partial charge in [-0.3, -0.25) is 0 Å². The van der Waals surface area contributed by atoms with E-state index in [4.69, 9.17) is 4.43 Å². The molecular formula is C16H15F2OSi. The summed E-state index contributed by atoms with van der Waals surface area (Å²) in [5.74, 6) is -1.67. The Morgan fingerprint density at radius 2 is 1.55 bits per heavy atom. The Morgan fingerprint density at radius 1 is 0.950 bits per heavy atom. The summed E-state index contributed by atoms with van der Waals surface area (Å²) in [7, 11) is 3.07. The Labute approximate surface area is 121 Å².